The predicted octanol–water partition coefficient (Wildman–Crippen LogP) is 1.34. The minimum absolute atomic E-state index is 0.0173. The third-order valence-corrected chi connectivity index (χ3v) is 5.64. The molecule has 1 heterocycles. The SMILES string of the molecule is CCN1CCC(NS(=O)(=O)c2cccc(N)c2C)CC1. The van der Waals surface area contributed by atoms with E-state index in [2.05, 4.69) is 16.5 Å². The molecule has 1 saturated heterocycles. The molecule has 6 heteroatoms. The molecule has 1 aromatic carbocycles. The fourth-order valence-corrected chi connectivity index (χ4v) is 4.15. The highest BCUT2D eigenvalue weighted by Crippen LogP contribution is 2.21. The third kappa shape index (κ3) is 3.31. The predicted molar refractivity (Wildman–Crippen MR) is 81.0 cm³/mol. The van der Waals surface area contributed by atoms with E-state index in [9.17, 15) is 8.42 Å². The van der Waals surface area contributed by atoms with Crippen molar-refractivity contribution in [1.29, 1.82) is 0 Å². The van der Waals surface area contributed by atoms with Gasteiger partial charge in [-0.2, -0.15) is 0 Å². The summed E-state index contributed by atoms with van der Waals surface area (Å²) in [6.45, 7) is 6.77. The van der Waals surface area contributed by atoms with Crippen LogP contribution in [0.1, 0.15) is 25.3 Å². The minimum Gasteiger partial charge on any atom is -0.398 e. The number of hydrogen-bond donors (Lipinski definition) is 2. The molecule has 0 bridgehead atoms. The topological polar surface area (TPSA) is 75.4 Å². The summed E-state index contributed by atoms with van der Waals surface area (Å²) in [5.74, 6) is 0. The van der Waals surface area contributed by atoms with Crippen LogP contribution < -0.4 is 10.5 Å². The average molecular weight is 297 g/mol. The van der Waals surface area contributed by atoms with Crippen LogP contribution in [0.25, 0.3) is 0 Å². The van der Waals surface area contributed by atoms with Crippen LogP contribution in [0.4, 0.5) is 5.69 Å². The third-order valence-electron chi connectivity index (χ3n) is 3.97. The van der Waals surface area contributed by atoms with Crippen molar-refractivity contribution in [2.24, 2.45) is 0 Å². The van der Waals surface area contributed by atoms with Gasteiger partial charge in [-0.25, -0.2) is 13.1 Å². The van der Waals surface area contributed by atoms with Gasteiger partial charge in [-0.1, -0.05) is 13.0 Å². The number of nitrogens with zero attached hydrogens (tertiary/aromatic N) is 1. The van der Waals surface area contributed by atoms with Crippen LogP contribution in [0.5, 0.6) is 0 Å². The molecule has 0 unspecified atom stereocenters. The zero-order valence-electron chi connectivity index (χ0n) is 12.1. The molecule has 0 saturated carbocycles. The first-order valence-corrected chi connectivity index (χ1v) is 8.52. The van der Waals surface area contributed by atoms with Gasteiger partial charge in [0.15, 0.2) is 0 Å². The Hall–Kier alpha value is -1.11. The van der Waals surface area contributed by atoms with E-state index in [1.807, 2.05) is 0 Å². The molecule has 0 radical (unpaired) electrons. The van der Waals surface area contributed by atoms with Gasteiger partial charge >= 0.3 is 0 Å². The minimum atomic E-state index is -3.49. The van der Waals surface area contributed by atoms with E-state index in [0.717, 1.165) is 32.5 Å². The Balaban J connectivity index is 2.10. The van der Waals surface area contributed by atoms with Crippen molar-refractivity contribution in [1.82, 2.24) is 9.62 Å². The van der Waals surface area contributed by atoms with E-state index >= 15 is 0 Å². The van der Waals surface area contributed by atoms with Gasteiger partial charge in [-0.15, -0.1) is 0 Å². The normalized spacial score (nSPS) is 18.3. The van der Waals surface area contributed by atoms with E-state index in [1.54, 1.807) is 25.1 Å². The number of likely N-dealkylation sites (tertiary alicyclic amines) is 1. The molecular weight excluding hydrogens is 274 g/mol. The number of nitrogens with two attached hydrogens (primary N) is 1. The molecule has 2 rings (SSSR count). The Kier molecular flexibility index (Phi) is 4.67. The Bertz CT molecular complexity index is 564. The summed E-state index contributed by atoms with van der Waals surface area (Å²) in [6, 6.07) is 5.02. The second kappa shape index (κ2) is 6.11. The standard InChI is InChI=1S/C14H23N3O2S/c1-3-17-9-7-12(8-10-17)16-20(18,19)14-6-4-5-13(15)11(14)2/h4-6,12,16H,3,7-10,15H2,1-2H3. The van der Waals surface area contributed by atoms with Crippen molar-refractivity contribution >= 4 is 15.7 Å². The Labute approximate surface area is 121 Å². The summed E-state index contributed by atoms with van der Waals surface area (Å²) in [7, 11) is -3.49. The molecule has 0 atom stereocenters. The summed E-state index contributed by atoms with van der Waals surface area (Å²) in [6.07, 6.45) is 1.71. The molecule has 0 spiro atoms. The Morgan fingerprint density at radius 2 is 2.00 bits per heavy atom. The molecule has 5 nitrogen and oxygen atoms in total. The van der Waals surface area contributed by atoms with Crippen molar-refractivity contribution in [3.05, 3.63) is 23.8 Å². The van der Waals surface area contributed by atoms with Crippen molar-refractivity contribution in [3.8, 4) is 0 Å². The first kappa shape index (κ1) is 15.3. The van der Waals surface area contributed by atoms with Gasteiger partial charge in [-0.05, 0) is 57.1 Å². The molecule has 1 aliphatic heterocycles. The maximum atomic E-state index is 12.4. The summed E-state index contributed by atoms with van der Waals surface area (Å²) in [4.78, 5) is 2.62. The van der Waals surface area contributed by atoms with Gasteiger partial charge in [0.25, 0.3) is 0 Å². The maximum Gasteiger partial charge on any atom is 0.241 e. The van der Waals surface area contributed by atoms with E-state index in [4.69, 9.17) is 5.73 Å². The molecule has 0 aromatic heterocycles. The maximum absolute atomic E-state index is 12.4. The second-order valence-electron chi connectivity index (χ2n) is 5.30. The number of nitrogens with one attached hydrogen (secondary N) is 1. The van der Waals surface area contributed by atoms with Crippen LogP contribution in [-0.2, 0) is 10.0 Å². The van der Waals surface area contributed by atoms with E-state index in [1.165, 1.54) is 0 Å². The van der Waals surface area contributed by atoms with Crippen LogP contribution in [0, 0.1) is 6.92 Å². The highest BCUT2D eigenvalue weighted by molar-refractivity contribution is 7.89. The lowest BCUT2D eigenvalue weighted by Gasteiger charge is -2.31. The fraction of sp³-hybridized carbons (Fsp3) is 0.571. The van der Waals surface area contributed by atoms with Crippen molar-refractivity contribution in [2.75, 3.05) is 25.4 Å². The zero-order valence-corrected chi connectivity index (χ0v) is 12.9. The first-order valence-electron chi connectivity index (χ1n) is 7.04. The lowest BCUT2D eigenvalue weighted by molar-refractivity contribution is 0.217. The van der Waals surface area contributed by atoms with Gasteiger partial charge in [0, 0.05) is 11.7 Å². The molecule has 20 heavy (non-hydrogen) atoms. The van der Waals surface area contributed by atoms with E-state index < -0.39 is 10.0 Å². The van der Waals surface area contributed by atoms with E-state index in [0.29, 0.717) is 11.3 Å². The summed E-state index contributed by atoms with van der Waals surface area (Å²) in [5.41, 5.74) is 6.91. The number of benzene rings is 1. The molecule has 1 aliphatic rings. The summed E-state index contributed by atoms with van der Waals surface area (Å²) >= 11 is 0. The van der Waals surface area contributed by atoms with Gasteiger partial charge < -0.3 is 10.6 Å². The Morgan fingerprint density at radius 1 is 1.35 bits per heavy atom. The number of anilines is 1. The average Bonchev–Trinajstić information content (AvgIpc) is 2.42. The monoisotopic (exact) mass is 297 g/mol. The smallest absolute Gasteiger partial charge is 0.241 e. The second-order valence-corrected chi connectivity index (χ2v) is 6.98. The fourth-order valence-electron chi connectivity index (χ4n) is 2.57. The van der Waals surface area contributed by atoms with Crippen molar-refractivity contribution in [3.63, 3.8) is 0 Å². The number of nitrogen functional groups attached to an aromatic ring is 1. The van der Waals surface area contributed by atoms with Crippen LogP contribution >= 0.6 is 0 Å². The van der Waals surface area contributed by atoms with Gasteiger partial charge in [0.05, 0.1) is 4.90 Å². The highest BCUT2D eigenvalue weighted by atomic mass is 32.2. The molecule has 1 fully saturated rings. The zero-order chi connectivity index (χ0) is 14.8. The molecule has 112 valence electrons. The van der Waals surface area contributed by atoms with Crippen molar-refractivity contribution < 1.29 is 8.42 Å². The van der Waals surface area contributed by atoms with Gasteiger partial charge in [0.1, 0.15) is 0 Å². The molecular formula is C14H23N3O2S. The number of hydrogen-bond acceptors (Lipinski definition) is 4. The number of sulfonamides is 1. The van der Waals surface area contributed by atoms with Crippen molar-refractivity contribution in [2.45, 2.75) is 37.6 Å². The quantitative estimate of drug-likeness (QED) is 0.822. The highest BCUT2D eigenvalue weighted by Gasteiger charge is 2.25. The van der Waals surface area contributed by atoms with Gasteiger partial charge in [0.2, 0.25) is 10.0 Å². The van der Waals surface area contributed by atoms with Crippen LogP contribution in [0.3, 0.4) is 0 Å². The summed E-state index contributed by atoms with van der Waals surface area (Å²) in [5, 5.41) is 0. The molecule has 3 N–H and O–H groups in total. The lowest BCUT2D eigenvalue weighted by Crippen LogP contribution is -2.44. The summed E-state index contributed by atoms with van der Waals surface area (Å²) < 4.78 is 27.7. The molecule has 1 aromatic rings. The van der Waals surface area contributed by atoms with Crippen LogP contribution in [0.15, 0.2) is 23.1 Å². The molecule has 0 aliphatic carbocycles. The van der Waals surface area contributed by atoms with Crippen LogP contribution in [-0.4, -0.2) is 39.0 Å². The van der Waals surface area contributed by atoms with Gasteiger partial charge in [-0.3, -0.25) is 0 Å². The molecule has 0 amide bonds. The Morgan fingerprint density at radius 3 is 2.60 bits per heavy atom. The lowest BCUT2D eigenvalue weighted by atomic mass is 10.1. The largest absolute Gasteiger partial charge is 0.398 e. The van der Waals surface area contributed by atoms with E-state index in [-0.39, 0.29) is 10.9 Å². The number of rotatable bonds is 4. The van der Waals surface area contributed by atoms with Crippen LogP contribution in [0.2, 0.25) is 0 Å². The first-order chi connectivity index (χ1) is 9.44. The number of piperidine rings is 1.